The lowest BCUT2D eigenvalue weighted by molar-refractivity contribution is 0.0224. The number of benzene rings is 1. The van der Waals surface area contributed by atoms with E-state index >= 15 is 0 Å². The highest BCUT2D eigenvalue weighted by molar-refractivity contribution is 9.09. The fraction of sp³-hybridized carbons (Fsp3) is 0.600. The van der Waals surface area contributed by atoms with E-state index in [1.54, 1.807) is 0 Å². The monoisotopic (exact) mass is 312 g/mol. The van der Waals surface area contributed by atoms with Crippen molar-refractivity contribution in [3.63, 3.8) is 0 Å². The van der Waals surface area contributed by atoms with Gasteiger partial charge in [-0.1, -0.05) is 42.8 Å². The molecule has 0 amide bonds. The minimum absolute atomic E-state index is 0.0729. The van der Waals surface area contributed by atoms with Gasteiger partial charge in [0.15, 0.2) is 0 Å². The van der Waals surface area contributed by atoms with E-state index in [1.807, 2.05) is 19.9 Å². The maximum absolute atomic E-state index is 10.4. The number of rotatable bonds is 0. The first-order valence-corrected chi connectivity index (χ1v) is 7.20. The average Bonchev–Trinajstić information content (AvgIpc) is 2.24. The van der Waals surface area contributed by atoms with Crippen LogP contribution in [0.25, 0.3) is 0 Å². The Morgan fingerprint density at radius 3 is 2.44 bits per heavy atom. The molecular formula is C15H21BrO2. The highest BCUT2D eigenvalue weighted by Crippen LogP contribution is 2.44. The zero-order chi connectivity index (χ0) is 13.7. The van der Waals surface area contributed by atoms with E-state index in [9.17, 15) is 5.11 Å². The van der Waals surface area contributed by atoms with E-state index < -0.39 is 11.7 Å². The van der Waals surface area contributed by atoms with Crippen LogP contribution in [0.2, 0.25) is 0 Å². The van der Waals surface area contributed by atoms with Gasteiger partial charge in [0.1, 0.15) is 11.4 Å². The molecule has 1 aliphatic rings. The van der Waals surface area contributed by atoms with Crippen LogP contribution in [-0.2, 0) is 5.41 Å². The van der Waals surface area contributed by atoms with Crippen molar-refractivity contribution in [2.75, 3.05) is 0 Å². The SMILES string of the molecule is CC(C)(C)c1ccc2c(c1)[C@@H](O)[C@H](Br)C(C)(C)O2. The van der Waals surface area contributed by atoms with Gasteiger partial charge in [-0.2, -0.15) is 0 Å². The third-order valence-electron chi connectivity index (χ3n) is 3.51. The highest BCUT2D eigenvalue weighted by Gasteiger charge is 2.41. The molecular weight excluding hydrogens is 292 g/mol. The molecule has 18 heavy (non-hydrogen) atoms. The molecule has 0 radical (unpaired) electrons. The predicted octanol–water partition coefficient (Wildman–Crippen LogP) is 3.95. The van der Waals surface area contributed by atoms with Crippen LogP contribution in [0.5, 0.6) is 5.75 Å². The summed E-state index contributed by atoms with van der Waals surface area (Å²) in [7, 11) is 0. The van der Waals surface area contributed by atoms with Gasteiger partial charge in [0.2, 0.25) is 0 Å². The molecule has 1 N–H and O–H groups in total. The van der Waals surface area contributed by atoms with Gasteiger partial charge in [-0.15, -0.1) is 0 Å². The summed E-state index contributed by atoms with van der Waals surface area (Å²) < 4.78 is 5.96. The quantitative estimate of drug-likeness (QED) is 0.735. The average molecular weight is 313 g/mol. The van der Waals surface area contributed by atoms with Crippen LogP contribution < -0.4 is 4.74 Å². The summed E-state index contributed by atoms with van der Waals surface area (Å²) in [6, 6.07) is 6.11. The fourth-order valence-electron chi connectivity index (χ4n) is 2.22. The molecule has 2 atom stereocenters. The van der Waals surface area contributed by atoms with Crippen LogP contribution in [0.3, 0.4) is 0 Å². The molecule has 0 fully saturated rings. The number of aliphatic hydroxyl groups excluding tert-OH is 1. The van der Waals surface area contributed by atoms with Gasteiger partial charge >= 0.3 is 0 Å². The lowest BCUT2D eigenvalue weighted by atomic mass is 9.83. The van der Waals surface area contributed by atoms with Crippen LogP contribution in [-0.4, -0.2) is 15.5 Å². The predicted molar refractivity (Wildman–Crippen MR) is 77.5 cm³/mol. The van der Waals surface area contributed by atoms with Crippen LogP contribution in [0.15, 0.2) is 18.2 Å². The summed E-state index contributed by atoms with van der Waals surface area (Å²) in [5.41, 5.74) is 1.76. The smallest absolute Gasteiger partial charge is 0.126 e. The first kappa shape index (κ1) is 13.9. The van der Waals surface area contributed by atoms with Crippen molar-refractivity contribution in [3.05, 3.63) is 29.3 Å². The molecule has 0 unspecified atom stereocenters. The highest BCUT2D eigenvalue weighted by atomic mass is 79.9. The Bertz CT molecular complexity index is 460. The van der Waals surface area contributed by atoms with Gasteiger partial charge in [-0.3, -0.25) is 0 Å². The van der Waals surface area contributed by atoms with Crippen molar-refractivity contribution < 1.29 is 9.84 Å². The first-order valence-electron chi connectivity index (χ1n) is 6.28. The van der Waals surface area contributed by atoms with Gasteiger partial charge in [-0.25, -0.2) is 0 Å². The molecule has 1 aliphatic heterocycles. The second kappa shape index (κ2) is 4.24. The molecule has 2 nitrogen and oxygen atoms in total. The molecule has 0 saturated heterocycles. The first-order chi connectivity index (χ1) is 8.13. The standard InChI is InChI=1S/C15H21BrO2/c1-14(2,3)9-6-7-11-10(8-9)12(17)13(16)15(4,5)18-11/h6-8,12-13,17H,1-5H3/t12-,13+/m1/s1. The summed E-state index contributed by atoms with van der Waals surface area (Å²) in [6.45, 7) is 10.5. The Kier molecular flexibility index (Phi) is 3.27. The largest absolute Gasteiger partial charge is 0.486 e. The van der Waals surface area contributed by atoms with Crippen LogP contribution in [0, 0.1) is 0 Å². The zero-order valence-corrected chi connectivity index (χ0v) is 13.2. The normalized spacial score (nSPS) is 26.4. The Labute approximate surface area is 117 Å². The fourth-order valence-corrected chi connectivity index (χ4v) is 2.59. The Balaban J connectivity index is 2.49. The molecule has 0 aromatic heterocycles. The Hall–Kier alpha value is -0.540. The molecule has 0 spiro atoms. The van der Waals surface area contributed by atoms with E-state index in [0.717, 1.165) is 11.3 Å². The molecule has 1 aromatic rings. The van der Waals surface area contributed by atoms with E-state index in [2.05, 4.69) is 48.8 Å². The van der Waals surface area contributed by atoms with E-state index in [-0.39, 0.29) is 10.2 Å². The van der Waals surface area contributed by atoms with Crippen molar-refractivity contribution in [1.82, 2.24) is 0 Å². The van der Waals surface area contributed by atoms with Crippen molar-refractivity contribution in [2.24, 2.45) is 0 Å². The van der Waals surface area contributed by atoms with Crippen molar-refractivity contribution in [3.8, 4) is 5.75 Å². The van der Waals surface area contributed by atoms with Gasteiger partial charge < -0.3 is 9.84 Å². The van der Waals surface area contributed by atoms with E-state index in [1.165, 1.54) is 5.56 Å². The maximum Gasteiger partial charge on any atom is 0.126 e. The Morgan fingerprint density at radius 2 is 1.89 bits per heavy atom. The summed E-state index contributed by atoms with van der Waals surface area (Å²) in [5, 5.41) is 10.4. The molecule has 1 heterocycles. The van der Waals surface area contributed by atoms with E-state index in [4.69, 9.17) is 4.74 Å². The third kappa shape index (κ3) is 2.30. The van der Waals surface area contributed by atoms with Gasteiger partial charge in [0.05, 0.1) is 10.9 Å². The third-order valence-corrected chi connectivity index (χ3v) is 5.11. The second-order valence-corrected chi connectivity index (χ2v) is 7.54. The van der Waals surface area contributed by atoms with Gasteiger partial charge in [-0.05, 0) is 37.0 Å². The van der Waals surface area contributed by atoms with Crippen LogP contribution in [0.4, 0.5) is 0 Å². The van der Waals surface area contributed by atoms with E-state index in [0.29, 0.717) is 0 Å². The number of hydrogen-bond donors (Lipinski definition) is 1. The summed E-state index contributed by atoms with van der Waals surface area (Å²) in [5.74, 6) is 0.788. The van der Waals surface area contributed by atoms with Gasteiger partial charge in [0.25, 0.3) is 0 Å². The molecule has 0 aliphatic carbocycles. The van der Waals surface area contributed by atoms with Crippen LogP contribution >= 0.6 is 15.9 Å². The minimum atomic E-state index is -0.536. The number of hydrogen-bond acceptors (Lipinski definition) is 2. The second-order valence-electron chi connectivity index (χ2n) is 6.55. The number of ether oxygens (including phenoxy) is 1. The lowest BCUT2D eigenvalue weighted by Crippen LogP contribution is -2.45. The summed E-state index contributed by atoms with van der Waals surface area (Å²) in [6.07, 6.45) is -0.536. The lowest BCUT2D eigenvalue weighted by Gasteiger charge is -2.40. The molecule has 0 bridgehead atoms. The minimum Gasteiger partial charge on any atom is -0.486 e. The molecule has 1 aromatic carbocycles. The van der Waals surface area contributed by atoms with Crippen molar-refractivity contribution >= 4 is 15.9 Å². The number of aliphatic hydroxyl groups is 1. The van der Waals surface area contributed by atoms with Crippen molar-refractivity contribution in [1.29, 1.82) is 0 Å². The molecule has 100 valence electrons. The maximum atomic E-state index is 10.4. The Morgan fingerprint density at radius 1 is 1.28 bits per heavy atom. The molecule has 3 heteroatoms. The van der Waals surface area contributed by atoms with Crippen molar-refractivity contribution in [2.45, 2.75) is 56.6 Å². The van der Waals surface area contributed by atoms with Gasteiger partial charge in [0, 0.05) is 5.56 Å². The molecule has 0 saturated carbocycles. The zero-order valence-electron chi connectivity index (χ0n) is 11.6. The number of alkyl halides is 1. The number of fused-ring (bicyclic) bond motifs is 1. The van der Waals surface area contributed by atoms with Crippen LogP contribution in [0.1, 0.15) is 51.8 Å². The molecule has 2 rings (SSSR count). The topological polar surface area (TPSA) is 29.5 Å². The number of halogens is 1. The summed E-state index contributed by atoms with van der Waals surface area (Å²) in [4.78, 5) is -0.104. The summed E-state index contributed by atoms with van der Waals surface area (Å²) >= 11 is 3.55.